The molecule has 0 saturated carbocycles. The van der Waals surface area contributed by atoms with E-state index in [1.54, 1.807) is 0 Å². The maximum Gasteiger partial charge on any atom is 0.225 e. The fourth-order valence-corrected chi connectivity index (χ4v) is 2.60. The zero-order valence-corrected chi connectivity index (χ0v) is 12.9. The molecule has 1 aliphatic rings. The number of hydrogen-bond acceptors (Lipinski definition) is 2. The van der Waals surface area contributed by atoms with Gasteiger partial charge in [0.1, 0.15) is 0 Å². The second-order valence-electron chi connectivity index (χ2n) is 5.85. The van der Waals surface area contributed by atoms with Crippen molar-refractivity contribution >= 4 is 11.8 Å². The number of benzene rings is 1. The molecule has 1 aromatic rings. The first-order valence-corrected chi connectivity index (χ1v) is 7.68. The molecule has 4 heteroatoms. The largest absolute Gasteiger partial charge is 0.339 e. The second kappa shape index (κ2) is 7.25. The lowest BCUT2D eigenvalue weighted by atomic mass is 10.1. The zero-order chi connectivity index (χ0) is 15.2. The molecule has 1 saturated heterocycles. The van der Waals surface area contributed by atoms with Crippen molar-refractivity contribution in [2.24, 2.45) is 5.92 Å². The summed E-state index contributed by atoms with van der Waals surface area (Å²) in [6.07, 6.45) is 1.33. The molecule has 1 fully saturated rings. The smallest absolute Gasteiger partial charge is 0.225 e. The van der Waals surface area contributed by atoms with Gasteiger partial charge in [0.05, 0.1) is 0 Å². The maximum absolute atomic E-state index is 12.2. The highest BCUT2D eigenvalue weighted by Gasteiger charge is 2.24. The molecule has 0 aliphatic carbocycles. The molecule has 0 N–H and O–H groups in total. The molecular weight excluding hydrogens is 264 g/mol. The van der Waals surface area contributed by atoms with E-state index in [2.05, 4.69) is 0 Å². The van der Waals surface area contributed by atoms with E-state index in [0.29, 0.717) is 32.6 Å². The Hall–Kier alpha value is -1.84. The Morgan fingerprint density at radius 3 is 2.14 bits per heavy atom. The van der Waals surface area contributed by atoms with Gasteiger partial charge in [0.15, 0.2) is 0 Å². The number of aryl methyl sites for hydroxylation is 1. The quantitative estimate of drug-likeness (QED) is 0.849. The molecule has 21 heavy (non-hydrogen) atoms. The van der Waals surface area contributed by atoms with Crippen LogP contribution >= 0.6 is 0 Å². The SMILES string of the molecule is CC(C)C(=O)N1CCN(C(=O)CCc2ccccc2)CC1. The average molecular weight is 288 g/mol. The van der Waals surface area contributed by atoms with E-state index >= 15 is 0 Å². The van der Waals surface area contributed by atoms with Gasteiger partial charge in [0, 0.05) is 38.5 Å². The van der Waals surface area contributed by atoms with Crippen LogP contribution in [0.1, 0.15) is 25.8 Å². The van der Waals surface area contributed by atoms with Gasteiger partial charge >= 0.3 is 0 Å². The van der Waals surface area contributed by atoms with Crippen molar-refractivity contribution in [3.05, 3.63) is 35.9 Å². The highest BCUT2D eigenvalue weighted by atomic mass is 16.2. The summed E-state index contributed by atoms with van der Waals surface area (Å²) in [5.41, 5.74) is 1.19. The molecule has 0 spiro atoms. The van der Waals surface area contributed by atoms with E-state index < -0.39 is 0 Å². The van der Waals surface area contributed by atoms with E-state index in [4.69, 9.17) is 0 Å². The summed E-state index contributed by atoms with van der Waals surface area (Å²) in [5.74, 6) is 0.409. The minimum absolute atomic E-state index is 0.0327. The van der Waals surface area contributed by atoms with Crippen LogP contribution in [0.25, 0.3) is 0 Å². The van der Waals surface area contributed by atoms with Crippen molar-refractivity contribution < 1.29 is 9.59 Å². The van der Waals surface area contributed by atoms with Crippen molar-refractivity contribution in [2.45, 2.75) is 26.7 Å². The van der Waals surface area contributed by atoms with Gasteiger partial charge in [-0.1, -0.05) is 44.2 Å². The van der Waals surface area contributed by atoms with Crippen LogP contribution in [-0.4, -0.2) is 47.8 Å². The van der Waals surface area contributed by atoms with Crippen molar-refractivity contribution in [2.75, 3.05) is 26.2 Å². The third-order valence-corrected chi connectivity index (χ3v) is 3.91. The minimum atomic E-state index is 0.0327. The third-order valence-electron chi connectivity index (χ3n) is 3.91. The Morgan fingerprint density at radius 2 is 1.57 bits per heavy atom. The summed E-state index contributed by atoms with van der Waals surface area (Å²) in [6.45, 7) is 6.47. The highest BCUT2D eigenvalue weighted by molar-refractivity contribution is 5.79. The number of amides is 2. The van der Waals surface area contributed by atoms with Crippen LogP contribution in [0.15, 0.2) is 30.3 Å². The molecule has 0 radical (unpaired) electrons. The zero-order valence-electron chi connectivity index (χ0n) is 12.9. The van der Waals surface area contributed by atoms with Gasteiger partial charge in [0.25, 0.3) is 0 Å². The molecule has 2 amide bonds. The lowest BCUT2D eigenvalue weighted by molar-refractivity contribution is -0.141. The first-order chi connectivity index (χ1) is 10.1. The number of hydrogen-bond donors (Lipinski definition) is 0. The fourth-order valence-electron chi connectivity index (χ4n) is 2.60. The standard InChI is InChI=1S/C17H24N2O2/c1-14(2)17(21)19-12-10-18(11-13-19)16(20)9-8-15-6-4-3-5-7-15/h3-7,14H,8-13H2,1-2H3. The average Bonchev–Trinajstić information content (AvgIpc) is 2.53. The van der Waals surface area contributed by atoms with Gasteiger partial charge in [-0.05, 0) is 12.0 Å². The van der Waals surface area contributed by atoms with E-state index in [1.165, 1.54) is 5.56 Å². The number of carbonyl (C=O) groups excluding carboxylic acids is 2. The highest BCUT2D eigenvalue weighted by Crippen LogP contribution is 2.10. The predicted molar refractivity (Wildman–Crippen MR) is 82.8 cm³/mol. The van der Waals surface area contributed by atoms with Gasteiger partial charge in [-0.2, -0.15) is 0 Å². The second-order valence-corrected chi connectivity index (χ2v) is 5.85. The topological polar surface area (TPSA) is 40.6 Å². The molecule has 1 heterocycles. The van der Waals surface area contributed by atoms with Gasteiger partial charge in [-0.25, -0.2) is 0 Å². The van der Waals surface area contributed by atoms with Crippen LogP contribution in [0.2, 0.25) is 0 Å². The minimum Gasteiger partial charge on any atom is -0.339 e. The third kappa shape index (κ3) is 4.31. The Labute approximate surface area is 126 Å². The van der Waals surface area contributed by atoms with Gasteiger partial charge in [-0.3, -0.25) is 9.59 Å². The van der Waals surface area contributed by atoms with Crippen LogP contribution in [0.5, 0.6) is 0 Å². The van der Waals surface area contributed by atoms with Crippen molar-refractivity contribution in [1.82, 2.24) is 9.80 Å². The number of carbonyl (C=O) groups is 2. The van der Waals surface area contributed by atoms with Gasteiger partial charge in [0.2, 0.25) is 11.8 Å². The Bertz CT molecular complexity index is 477. The summed E-state index contributed by atoms with van der Waals surface area (Å²) in [6, 6.07) is 10.1. The monoisotopic (exact) mass is 288 g/mol. The number of piperazine rings is 1. The van der Waals surface area contributed by atoms with Gasteiger partial charge in [-0.15, -0.1) is 0 Å². The molecular formula is C17H24N2O2. The molecule has 0 aromatic heterocycles. The summed E-state index contributed by atoms with van der Waals surface area (Å²) in [4.78, 5) is 27.9. The summed E-state index contributed by atoms with van der Waals surface area (Å²) in [7, 11) is 0. The summed E-state index contributed by atoms with van der Waals surface area (Å²) in [5, 5.41) is 0. The van der Waals surface area contributed by atoms with Crippen molar-refractivity contribution in [3.8, 4) is 0 Å². The predicted octanol–water partition coefficient (Wildman–Crippen LogP) is 1.95. The number of nitrogens with zero attached hydrogens (tertiary/aromatic N) is 2. The number of rotatable bonds is 4. The van der Waals surface area contributed by atoms with Crippen LogP contribution in [0, 0.1) is 5.92 Å². The van der Waals surface area contributed by atoms with Crippen LogP contribution in [-0.2, 0) is 16.0 Å². The first kappa shape index (κ1) is 15.5. The Balaban J connectivity index is 1.77. The molecule has 4 nitrogen and oxygen atoms in total. The Kier molecular flexibility index (Phi) is 5.37. The van der Waals surface area contributed by atoms with Crippen LogP contribution in [0.3, 0.4) is 0 Å². The van der Waals surface area contributed by atoms with Crippen LogP contribution in [0.4, 0.5) is 0 Å². The molecule has 1 aromatic carbocycles. The first-order valence-electron chi connectivity index (χ1n) is 7.68. The maximum atomic E-state index is 12.2. The molecule has 0 atom stereocenters. The summed E-state index contributed by atoms with van der Waals surface area (Å²) < 4.78 is 0. The normalized spacial score (nSPS) is 15.4. The molecule has 1 aliphatic heterocycles. The van der Waals surface area contributed by atoms with E-state index in [0.717, 1.165) is 6.42 Å². The van der Waals surface area contributed by atoms with E-state index in [-0.39, 0.29) is 17.7 Å². The van der Waals surface area contributed by atoms with E-state index in [1.807, 2.05) is 54.0 Å². The lowest BCUT2D eigenvalue weighted by Crippen LogP contribution is -2.51. The van der Waals surface area contributed by atoms with Crippen molar-refractivity contribution in [3.63, 3.8) is 0 Å². The molecule has 2 rings (SSSR count). The van der Waals surface area contributed by atoms with E-state index in [9.17, 15) is 9.59 Å². The molecule has 114 valence electrons. The molecule has 0 bridgehead atoms. The fraction of sp³-hybridized carbons (Fsp3) is 0.529. The Morgan fingerprint density at radius 1 is 1.00 bits per heavy atom. The van der Waals surface area contributed by atoms with Crippen LogP contribution < -0.4 is 0 Å². The summed E-state index contributed by atoms with van der Waals surface area (Å²) >= 11 is 0. The van der Waals surface area contributed by atoms with Gasteiger partial charge < -0.3 is 9.80 Å². The van der Waals surface area contributed by atoms with Crippen molar-refractivity contribution in [1.29, 1.82) is 0 Å². The lowest BCUT2D eigenvalue weighted by Gasteiger charge is -2.35. The molecule has 0 unspecified atom stereocenters.